The number of furan rings is 1. The number of Topliss-reactive ketones (excluding diaryl/α,β-unsaturated/α-hetero) is 1. The Bertz CT molecular complexity index is 1390. The monoisotopic (exact) mass is 487 g/mol. The summed E-state index contributed by atoms with van der Waals surface area (Å²) in [6, 6.07) is 16.2. The molecule has 1 N–H and O–H groups in total. The number of nitrogens with one attached hydrogen (secondary N) is 1. The highest BCUT2D eigenvalue weighted by Crippen LogP contribution is 2.30. The van der Waals surface area contributed by atoms with Gasteiger partial charge in [-0.1, -0.05) is 36.4 Å². The van der Waals surface area contributed by atoms with Crippen molar-refractivity contribution in [2.75, 3.05) is 4.90 Å². The van der Waals surface area contributed by atoms with Crippen molar-refractivity contribution in [2.45, 2.75) is 52.2 Å². The van der Waals surface area contributed by atoms with Gasteiger partial charge in [0.25, 0.3) is 5.91 Å². The Kier molecular flexibility index (Phi) is 7.00. The SMILES string of the molecule is CCC(C)(C)NC(=O)[C@@H](c1ccco1)N(C(=O)Cn1nnc2ccccc21)c1cccc(C(C)=O)c1. The van der Waals surface area contributed by atoms with Crippen LogP contribution in [0.5, 0.6) is 0 Å². The van der Waals surface area contributed by atoms with E-state index in [1.807, 2.05) is 45.0 Å². The topological polar surface area (TPSA) is 110 Å². The minimum atomic E-state index is -1.12. The van der Waals surface area contributed by atoms with E-state index in [0.29, 0.717) is 34.5 Å². The van der Waals surface area contributed by atoms with Gasteiger partial charge >= 0.3 is 0 Å². The molecule has 2 aromatic heterocycles. The van der Waals surface area contributed by atoms with Gasteiger partial charge in [0.1, 0.15) is 17.8 Å². The zero-order valence-electron chi connectivity index (χ0n) is 20.8. The Hall–Kier alpha value is -4.27. The number of benzene rings is 2. The molecule has 0 unspecified atom stereocenters. The van der Waals surface area contributed by atoms with Crippen molar-refractivity contribution < 1.29 is 18.8 Å². The van der Waals surface area contributed by atoms with Gasteiger partial charge in [0.15, 0.2) is 11.8 Å². The van der Waals surface area contributed by atoms with Crippen molar-refractivity contribution in [3.8, 4) is 0 Å². The van der Waals surface area contributed by atoms with E-state index in [2.05, 4.69) is 15.6 Å². The fourth-order valence-electron chi connectivity index (χ4n) is 3.86. The van der Waals surface area contributed by atoms with E-state index < -0.39 is 23.4 Å². The van der Waals surface area contributed by atoms with E-state index in [9.17, 15) is 14.4 Å². The number of ketones is 1. The standard InChI is InChI=1S/C27H29N5O4/c1-5-27(3,4)28-26(35)25(23-14-9-15-36-23)32(20-11-8-10-19(16-20)18(2)33)24(34)17-31-22-13-7-6-12-21(22)29-30-31/h6-16,25H,5,17H2,1-4H3,(H,28,35)/t25-/m1/s1. The zero-order valence-corrected chi connectivity index (χ0v) is 20.8. The molecule has 9 nitrogen and oxygen atoms in total. The third-order valence-corrected chi connectivity index (χ3v) is 6.17. The molecule has 0 spiro atoms. The van der Waals surface area contributed by atoms with Crippen LogP contribution in [0.15, 0.2) is 71.3 Å². The molecule has 2 heterocycles. The summed E-state index contributed by atoms with van der Waals surface area (Å²) in [6.07, 6.45) is 2.14. The maximum Gasteiger partial charge on any atom is 0.251 e. The number of carbonyl (C=O) groups is 3. The summed E-state index contributed by atoms with van der Waals surface area (Å²) >= 11 is 0. The summed E-state index contributed by atoms with van der Waals surface area (Å²) < 4.78 is 7.14. The van der Waals surface area contributed by atoms with Gasteiger partial charge in [-0.3, -0.25) is 19.3 Å². The Balaban J connectivity index is 1.82. The van der Waals surface area contributed by atoms with Crippen LogP contribution in [0.2, 0.25) is 0 Å². The molecule has 0 saturated carbocycles. The second-order valence-electron chi connectivity index (χ2n) is 9.25. The Morgan fingerprint density at radius 1 is 1.08 bits per heavy atom. The average molecular weight is 488 g/mol. The number of fused-ring (bicyclic) bond motifs is 1. The van der Waals surface area contributed by atoms with E-state index in [1.165, 1.54) is 22.8 Å². The van der Waals surface area contributed by atoms with Crippen LogP contribution < -0.4 is 10.2 Å². The van der Waals surface area contributed by atoms with Gasteiger partial charge < -0.3 is 9.73 Å². The molecule has 0 aliphatic carbocycles. The van der Waals surface area contributed by atoms with Crippen molar-refractivity contribution in [1.29, 1.82) is 0 Å². The van der Waals surface area contributed by atoms with Crippen LogP contribution in [0.4, 0.5) is 5.69 Å². The van der Waals surface area contributed by atoms with E-state index >= 15 is 0 Å². The predicted molar refractivity (Wildman–Crippen MR) is 135 cm³/mol. The number of hydrogen-bond acceptors (Lipinski definition) is 6. The molecule has 1 atom stereocenters. The van der Waals surface area contributed by atoms with Crippen LogP contribution in [-0.2, 0) is 16.1 Å². The summed E-state index contributed by atoms with van der Waals surface area (Å²) in [5.41, 5.74) is 1.64. The van der Waals surface area contributed by atoms with Gasteiger partial charge in [-0.25, -0.2) is 4.68 Å². The molecule has 0 aliphatic rings. The minimum Gasteiger partial charge on any atom is -0.467 e. The van der Waals surface area contributed by atoms with Crippen LogP contribution in [0.3, 0.4) is 0 Å². The number of hydrogen-bond donors (Lipinski definition) is 1. The van der Waals surface area contributed by atoms with E-state index in [0.717, 1.165) is 0 Å². The van der Waals surface area contributed by atoms with Crippen LogP contribution in [-0.4, -0.2) is 38.1 Å². The lowest BCUT2D eigenvalue weighted by molar-refractivity contribution is -0.128. The molecule has 2 aromatic carbocycles. The normalized spacial score (nSPS) is 12.3. The summed E-state index contributed by atoms with van der Waals surface area (Å²) in [6.45, 7) is 7.07. The van der Waals surface area contributed by atoms with Crippen molar-refractivity contribution >= 4 is 34.3 Å². The quantitative estimate of drug-likeness (QED) is 0.352. The van der Waals surface area contributed by atoms with Crippen LogP contribution in [0.25, 0.3) is 11.0 Å². The number of nitrogens with zero attached hydrogens (tertiary/aromatic N) is 4. The molecule has 0 aliphatic heterocycles. The molecule has 36 heavy (non-hydrogen) atoms. The Morgan fingerprint density at radius 2 is 1.86 bits per heavy atom. The molecule has 0 radical (unpaired) electrons. The summed E-state index contributed by atoms with van der Waals surface area (Å²) in [5.74, 6) is -0.680. The number of aromatic nitrogens is 3. The Morgan fingerprint density at radius 3 is 2.56 bits per heavy atom. The van der Waals surface area contributed by atoms with Crippen LogP contribution in [0, 0.1) is 0 Å². The summed E-state index contributed by atoms with van der Waals surface area (Å²) in [7, 11) is 0. The van der Waals surface area contributed by atoms with Crippen molar-refractivity contribution in [1.82, 2.24) is 20.3 Å². The largest absolute Gasteiger partial charge is 0.467 e. The second-order valence-corrected chi connectivity index (χ2v) is 9.25. The van der Waals surface area contributed by atoms with Gasteiger partial charge in [-0.05, 0) is 63.6 Å². The average Bonchev–Trinajstić information content (AvgIpc) is 3.52. The molecule has 0 fully saturated rings. The fourth-order valence-corrected chi connectivity index (χ4v) is 3.86. The van der Waals surface area contributed by atoms with Crippen LogP contribution in [0.1, 0.15) is 56.3 Å². The summed E-state index contributed by atoms with van der Waals surface area (Å²) in [5, 5.41) is 11.3. The van der Waals surface area contributed by atoms with Crippen molar-refractivity contribution in [3.05, 3.63) is 78.3 Å². The molecule has 0 bridgehead atoms. The highest BCUT2D eigenvalue weighted by atomic mass is 16.3. The fraction of sp³-hybridized carbons (Fsp3) is 0.296. The number of rotatable bonds is 9. The molecular weight excluding hydrogens is 458 g/mol. The number of carbonyl (C=O) groups excluding carboxylic acids is 3. The van der Waals surface area contributed by atoms with Gasteiger partial charge in [-0.15, -0.1) is 5.10 Å². The third kappa shape index (κ3) is 5.19. The zero-order chi connectivity index (χ0) is 25.9. The number of anilines is 1. The molecule has 186 valence electrons. The molecule has 9 heteroatoms. The van der Waals surface area contributed by atoms with E-state index in [-0.39, 0.29) is 12.3 Å². The maximum absolute atomic E-state index is 13.9. The number of para-hydroxylation sites is 1. The molecule has 0 saturated heterocycles. The van der Waals surface area contributed by atoms with Crippen molar-refractivity contribution in [3.63, 3.8) is 0 Å². The molecular formula is C27H29N5O4. The third-order valence-electron chi connectivity index (χ3n) is 6.17. The van der Waals surface area contributed by atoms with Crippen molar-refractivity contribution in [2.24, 2.45) is 0 Å². The minimum absolute atomic E-state index is 0.155. The number of amides is 2. The van der Waals surface area contributed by atoms with Gasteiger partial charge in [-0.2, -0.15) is 0 Å². The lowest BCUT2D eigenvalue weighted by Crippen LogP contribution is -2.51. The lowest BCUT2D eigenvalue weighted by Gasteiger charge is -2.33. The second kappa shape index (κ2) is 10.2. The van der Waals surface area contributed by atoms with Gasteiger partial charge in [0.05, 0.1) is 11.8 Å². The smallest absolute Gasteiger partial charge is 0.251 e. The highest BCUT2D eigenvalue weighted by Gasteiger charge is 2.37. The summed E-state index contributed by atoms with van der Waals surface area (Å²) in [4.78, 5) is 41.1. The molecule has 4 aromatic rings. The van der Waals surface area contributed by atoms with Crippen LogP contribution >= 0.6 is 0 Å². The first-order valence-corrected chi connectivity index (χ1v) is 11.8. The predicted octanol–water partition coefficient (Wildman–Crippen LogP) is 4.31. The first kappa shape index (κ1) is 24.8. The molecule has 2 amide bonds. The first-order valence-electron chi connectivity index (χ1n) is 11.8. The lowest BCUT2D eigenvalue weighted by atomic mass is 10.00. The van der Waals surface area contributed by atoms with Gasteiger partial charge in [0.2, 0.25) is 5.91 Å². The maximum atomic E-state index is 13.9. The molecule has 4 rings (SSSR count). The van der Waals surface area contributed by atoms with E-state index in [4.69, 9.17) is 4.42 Å². The Labute approximate surface area is 209 Å². The first-order chi connectivity index (χ1) is 17.2. The highest BCUT2D eigenvalue weighted by molar-refractivity contribution is 6.03. The van der Waals surface area contributed by atoms with E-state index in [1.54, 1.807) is 36.4 Å². The van der Waals surface area contributed by atoms with Gasteiger partial charge in [0, 0.05) is 16.8 Å².